The summed E-state index contributed by atoms with van der Waals surface area (Å²) < 4.78 is 47.4. The SMILES string of the molecule is Cc1ccc(F)c2c(S(=O)(=O)F)[nH]nc12. The lowest BCUT2D eigenvalue weighted by Gasteiger charge is -1.96. The number of aromatic amines is 1. The number of nitrogens with one attached hydrogen (secondary N) is 1. The van der Waals surface area contributed by atoms with Gasteiger partial charge in [0.15, 0.2) is 5.03 Å². The molecule has 1 aromatic carbocycles. The summed E-state index contributed by atoms with van der Waals surface area (Å²) in [4.78, 5) is 0. The molecular formula is C8H6F2N2O2S. The first-order valence-corrected chi connectivity index (χ1v) is 5.37. The van der Waals surface area contributed by atoms with Gasteiger partial charge in [-0.05, 0) is 18.6 Å². The van der Waals surface area contributed by atoms with Gasteiger partial charge in [-0.3, -0.25) is 5.10 Å². The monoisotopic (exact) mass is 232 g/mol. The van der Waals surface area contributed by atoms with Crippen molar-refractivity contribution in [2.24, 2.45) is 0 Å². The van der Waals surface area contributed by atoms with Crippen LogP contribution in [0.1, 0.15) is 5.56 Å². The van der Waals surface area contributed by atoms with Crippen molar-refractivity contribution in [3.05, 3.63) is 23.5 Å². The molecule has 0 aliphatic carbocycles. The van der Waals surface area contributed by atoms with E-state index in [1.165, 1.54) is 6.07 Å². The molecule has 0 radical (unpaired) electrons. The second-order valence-electron chi connectivity index (χ2n) is 3.08. The number of aromatic nitrogens is 2. The molecule has 0 unspecified atom stereocenters. The lowest BCUT2D eigenvalue weighted by atomic mass is 10.1. The number of rotatable bonds is 1. The Morgan fingerprint density at radius 1 is 1.40 bits per heavy atom. The molecule has 0 atom stereocenters. The van der Waals surface area contributed by atoms with Gasteiger partial charge in [-0.15, -0.1) is 0 Å². The second-order valence-corrected chi connectivity index (χ2v) is 4.36. The molecule has 0 aliphatic heterocycles. The molecule has 4 nitrogen and oxygen atoms in total. The van der Waals surface area contributed by atoms with Crippen molar-refractivity contribution in [1.82, 2.24) is 10.2 Å². The Balaban J connectivity index is 2.98. The molecule has 0 bridgehead atoms. The molecule has 0 aliphatic rings. The molecule has 0 spiro atoms. The van der Waals surface area contributed by atoms with Crippen LogP contribution in [0.2, 0.25) is 0 Å². The van der Waals surface area contributed by atoms with Gasteiger partial charge in [0.2, 0.25) is 0 Å². The number of fused-ring (bicyclic) bond motifs is 1. The lowest BCUT2D eigenvalue weighted by molar-refractivity contribution is 0.547. The van der Waals surface area contributed by atoms with Gasteiger partial charge in [-0.1, -0.05) is 9.95 Å². The Kier molecular flexibility index (Phi) is 2.00. The van der Waals surface area contributed by atoms with Gasteiger partial charge in [-0.2, -0.15) is 13.5 Å². The minimum Gasteiger partial charge on any atom is -0.264 e. The maximum atomic E-state index is 13.3. The lowest BCUT2D eigenvalue weighted by Crippen LogP contribution is -1.94. The summed E-state index contributed by atoms with van der Waals surface area (Å²) >= 11 is 0. The molecule has 2 rings (SSSR count). The van der Waals surface area contributed by atoms with E-state index in [2.05, 4.69) is 5.10 Å². The third-order valence-corrected chi connectivity index (χ3v) is 2.85. The quantitative estimate of drug-likeness (QED) is 0.760. The fourth-order valence-corrected chi connectivity index (χ4v) is 1.96. The summed E-state index contributed by atoms with van der Waals surface area (Å²) in [7, 11) is -4.98. The normalized spacial score (nSPS) is 12.2. The van der Waals surface area contributed by atoms with Crippen LogP contribution < -0.4 is 0 Å². The van der Waals surface area contributed by atoms with Crippen LogP contribution in [0.4, 0.5) is 8.28 Å². The summed E-state index contributed by atoms with van der Waals surface area (Å²) in [6, 6.07) is 2.51. The van der Waals surface area contributed by atoms with Gasteiger partial charge >= 0.3 is 10.2 Å². The average Bonchev–Trinajstić information content (AvgIpc) is 2.55. The maximum Gasteiger partial charge on any atom is 0.349 e. The van der Waals surface area contributed by atoms with Crippen LogP contribution in [-0.2, 0) is 10.2 Å². The molecule has 2 aromatic rings. The van der Waals surface area contributed by atoms with Gasteiger partial charge in [0.25, 0.3) is 0 Å². The van der Waals surface area contributed by atoms with E-state index in [1.807, 2.05) is 5.10 Å². The zero-order chi connectivity index (χ0) is 11.2. The fraction of sp³-hybridized carbons (Fsp3) is 0.125. The minimum atomic E-state index is -4.98. The largest absolute Gasteiger partial charge is 0.349 e. The van der Waals surface area contributed by atoms with Crippen molar-refractivity contribution in [3.8, 4) is 0 Å². The van der Waals surface area contributed by atoms with E-state index in [-0.39, 0.29) is 10.9 Å². The second kappa shape index (κ2) is 2.99. The van der Waals surface area contributed by atoms with Gasteiger partial charge in [0.1, 0.15) is 5.82 Å². The fourth-order valence-electron chi connectivity index (χ4n) is 1.37. The van der Waals surface area contributed by atoms with Crippen LogP contribution in [0.25, 0.3) is 10.9 Å². The summed E-state index contributed by atoms with van der Waals surface area (Å²) in [5.74, 6) is -0.819. The van der Waals surface area contributed by atoms with Crippen molar-refractivity contribution < 1.29 is 16.7 Å². The third-order valence-electron chi connectivity index (χ3n) is 2.07. The highest BCUT2D eigenvalue weighted by Gasteiger charge is 2.22. The van der Waals surface area contributed by atoms with Crippen LogP contribution in [-0.4, -0.2) is 18.6 Å². The van der Waals surface area contributed by atoms with Crippen LogP contribution in [0.15, 0.2) is 17.2 Å². The zero-order valence-electron chi connectivity index (χ0n) is 7.58. The molecule has 15 heavy (non-hydrogen) atoms. The van der Waals surface area contributed by atoms with Crippen molar-refractivity contribution in [2.45, 2.75) is 11.9 Å². The zero-order valence-corrected chi connectivity index (χ0v) is 8.40. The van der Waals surface area contributed by atoms with E-state index in [0.717, 1.165) is 6.07 Å². The standard InChI is InChI=1S/C8H6F2N2O2S/c1-4-2-3-5(9)6-7(4)11-12-8(6)15(10,13)14/h2-3H,1H3,(H,11,12). The predicted octanol–water partition coefficient (Wildman–Crippen LogP) is 1.67. The van der Waals surface area contributed by atoms with E-state index in [4.69, 9.17) is 0 Å². The van der Waals surface area contributed by atoms with E-state index >= 15 is 0 Å². The van der Waals surface area contributed by atoms with E-state index in [1.54, 1.807) is 6.92 Å². The highest BCUT2D eigenvalue weighted by atomic mass is 32.3. The van der Waals surface area contributed by atoms with Crippen molar-refractivity contribution >= 4 is 21.1 Å². The van der Waals surface area contributed by atoms with Gasteiger partial charge in [-0.25, -0.2) is 4.39 Å². The molecule has 7 heteroatoms. The minimum absolute atomic E-state index is 0.117. The molecule has 0 fully saturated rings. The molecular weight excluding hydrogens is 226 g/mol. The van der Waals surface area contributed by atoms with Crippen LogP contribution >= 0.6 is 0 Å². The number of aryl methyl sites for hydroxylation is 1. The van der Waals surface area contributed by atoms with Crippen LogP contribution in [0, 0.1) is 12.7 Å². The van der Waals surface area contributed by atoms with Gasteiger partial charge in [0.05, 0.1) is 10.9 Å². The molecule has 1 aromatic heterocycles. The smallest absolute Gasteiger partial charge is 0.264 e. The highest BCUT2D eigenvalue weighted by molar-refractivity contribution is 7.86. The van der Waals surface area contributed by atoms with Crippen LogP contribution in [0.5, 0.6) is 0 Å². The highest BCUT2D eigenvalue weighted by Crippen LogP contribution is 2.26. The first kappa shape index (κ1) is 10.0. The Morgan fingerprint density at radius 2 is 2.07 bits per heavy atom. The van der Waals surface area contributed by atoms with E-state index < -0.39 is 21.1 Å². The first-order valence-electron chi connectivity index (χ1n) is 3.99. The Bertz CT molecular complexity index is 633. The van der Waals surface area contributed by atoms with Crippen molar-refractivity contribution in [3.63, 3.8) is 0 Å². The number of H-pyrrole nitrogens is 1. The summed E-state index contributed by atoms with van der Waals surface area (Å²) in [5, 5.41) is 4.37. The number of halogens is 2. The number of hydrogen-bond acceptors (Lipinski definition) is 3. The Hall–Kier alpha value is -1.50. The number of nitrogens with zero attached hydrogens (tertiary/aromatic N) is 1. The number of benzene rings is 1. The van der Waals surface area contributed by atoms with Crippen LogP contribution in [0.3, 0.4) is 0 Å². The Morgan fingerprint density at radius 3 is 2.67 bits per heavy atom. The average molecular weight is 232 g/mol. The van der Waals surface area contributed by atoms with Gasteiger partial charge < -0.3 is 0 Å². The van der Waals surface area contributed by atoms with Gasteiger partial charge in [0, 0.05) is 0 Å². The molecule has 0 saturated heterocycles. The number of hydrogen-bond donors (Lipinski definition) is 1. The molecule has 1 N–H and O–H groups in total. The van der Waals surface area contributed by atoms with Crippen molar-refractivity contribution in [2.75, 3.05) is 0 Å². The topological polar surface area (TPSA) is 62.8 Å². The predicted molar refractivity (Wildman–Crippen MR) is 49.1 cm³/mol. The summed E-state index contributed by atoms with van der Waals surface area (Å²) in [6.07, 6.45) is 0. The first-order chi connectivity index (χ1) is 6.91. The molecule has 1 heterocycles. The molecule has 0 saturated carbocycles. The summed E-state index contributed by atoms with van der Waals surface area (Å²) in [6.45, 7) is 1.62. The van der Waals surface area contributed by atoms with Crippen molar-refractivity contribution in [1.29, 1.82) is 0 Å². The molecule has 0 amide bonds. The summed E-state index contributed by atoms with van der Waals surface area (Å²) in [5.41, 5.74) is 0.684. The maximum absolute atomic E-state index is 13.3. The van der Waals surface area contributed by atoms with E-state index in [9.17, 15) is 16.7 Å². The Labute approximate surface area is 84.1 Å². The molecule has 80 valence electrons. The third kappa shape index (κ3) is 1.48. The van der Waals surface area contributed by atoms with E-state index in [0.29, 0.717) is 5.56 Å².